The van der Waals surface area contributed by atoms with E-state index in [4.69, 9.17) is 14.5 Å². The Labute approximate surface area is 187 Å². The largest absolute Gasteiger partial charge is 0.481 e. The van der Waals surface area contributed by atoms with Gasteiger partial charge in [0.1, 0.15) is 17.8 Å². The molecule has 4 heterocycles. The third kappa shape index (κ3) is 4.44. The number of aromatic nitrogens is 5. The number of carbonyl (C=O) groups is 1. The zero-order chi connectivity index (χ0) is 22.9. The standard InChI is InChI=1S/C22H29N7O3/c1-6-29-19(14-7-8-16(31-5)23-11-14)27-17-18(24-13-25-20(17)29)26-15-9-10-28(12-15)21(30)32-22(2,3)4/h7-8,11,13,15H,6,9-10,12H2,1-5H3,(H,24,25,26)/t15-/m0/s1. The van der Waals surface area contributed by atoms with Crippen LogP contribution in [0.4, 0.5) is 10.6 Å². The van der Waals surface area contributed by atoms with Crippen LogP contribution < -0.4 is 10.1 Å². The minimum absolute atomic E-state index is 0.0542. The summed E-state index contributed by atoms with van der Waals surface area (Å²) in [5, 5.41) is 3.45. The highest BCUT2D eigenvalue weighted by atomic mass is 16.6. The Morgan fingerprint density at radius 3 is 2.72 bits per heavy atom. The van der Waals surface area contributed by atoms with Crippen LogP contribution in [0.25, 0.3) is 22.6 Å². The van der Waals surface area contributed by atoms with Crippen LogP contribution in [-0.4, -0.2) is 67.3 Å². The number of anilines is 1. The molecule has 1 aliphatic heterocycles. The van der Waals surface area contributed by atoms with E-state index >= 15 is 0 Å². The number of methoxy groups -OCH3 is 1. The second kappa shape index (κ2) is 8.60. The van der Waals surface area contributed by atoms with E-state index in [0.29, 0.717) is 36.8 Å². The summed E-state index contributed by atoms with van der Waals surface area (Å²) >= 11 is 0. The number of nitrogens with zero attached hydrogens (tertiary/aromatic N) is 6. The van der Waals surface area contributed by atoms with Crippen molar-refractivity contribution in [3.63, 3.8) is 0 Å². The number of fused-ring (bicyclic) bond motifs is 1. The van der Waals surface area contributed by atoms with Crippen molar-refractivity contribution in [1.82, 2.24) is 29.4 Å². The van der Waals surface area contributed by atoms with Crippen LogP contribution in [0, 0.1) is 0 Å². The lowest BCUT2D eigenvalue weighted by atomic mass is 10.2. The molecule has 1 atom stereocenters. The van der Waals surface area contributed by atoms with Gasteiger partial charge in [-0.25, -0.2) is 24.7 Å². The predicted octanol–water partition coefficient (Wildman–Crippen LogP) is 3.34. The highest BCUT2D eigenvalue weighted by Crippen LogP contribution is 2.28. The maximum absolute atomic E-state index is 12.4. The summed E-state index contributed by atoms with van der Waals surface area (Å²) in [6, 6.07) is 3.79. The molecule has 0 spiro atoms. The third-order valence-corrected chi connectivity index (χ3v) is 5.23. The molecule has 3 aromatic heterocycles. The van der Waals surface area contributed by atoms with Gasteiger partial charge in [0.25, 0.3) is 0 Å². The fourth-order valence-electron chi connectivity index (χ4n) is 3.76. The lowest BCUT2D eigenvalue weighted by Gasteiger charge is -2.24. The Kier molecular flexibility index (Phi) is 5.86. The first kappa shape index (κ1) is 21.8. The van der Waals surface area contributed by atoms with E-state index in [-0.39, 0.29) is 12.1 Å². The highest BCUT2D eigenvalue weighted by molar-refractivity contribution is 5.86. The number of carbonyl (C=O) groups excluding carboxylic acids is 1. The first-order chi connectivity index (χ1) is 15.3. The Morgan fingerprint density at radius 1 is 1.25 bits per heavy atom. The summed E-state index contributed by atoms with van der Waals surface area (Å²) in [6.07, 6.45) is 3.78. The predicted molar refractivity (Wildman–Crippen MR) is 121 cm³/mol. The zero-order valence-corrected chi connectivity index (χ0v) is 19.1. The summed E-state index contributed by atoms with van der Waals surface area (Å²) in [4.78, 5) is 32.2. The van der Waals surface area contributed by atoms with Crippen LogP contribution in [0.2, 0.25) is 0 Å². The molecule has 0 saturated carbocycles. The zero-order valence-electron chi connectivity index (χ0n) is 19.1. The Morgan fingerprint density at radius 2 is 2.06 bits per heavy atom. The molecule has 32 heavy (non-hydrogen) atoms. The van der Waals surface area contributed by atoms with E-state index in [1.165, 1.54) is 6.33 Å². The molecule has 0 aliphatic carbocycles. The van der Waals surface area contributed by atoms with Gasteiger partial charge in [0.2, 0.25) is 5.88 Å². The van der Waals surface area contributed by atoms with Crippen molar-refractivity contribution in [2.45, 2.75) is 52.3 Å². The first-order valence-corrected chi connectivity index (χ1v) is 10.7. The molecule has 10 heteroatoms. The Balaban J connectivity index is 1.58. The molecular weight excluding hydrogens is 410 g/mol. The fourth-order valence-corrected chi connectivity index (χ4v) is 3.76. The van der Waals surface area contributed by atoms with Crippen molar-refractivity contribution in [2.24, 2.45) is 0 Å². The lowest BCUT2D eigenvalue weighted by molar-refractivity contribution is 0.0293. The second-order valence-corrected chi connectivity index (χ2v) is 8.72. The fraction of sp³-hybridized carbons (Fsp3) is 0.500. The number of hydrogen-bond acceptors (Lipinski definition) is 8. The monoisotopic (exact) mass is 439 g/mol. The van der Waals surface area contributed by atoms with Gasteiger partial charge in [-0.2, -0.15) is 0 Å². The normalized spacial score (nSPS) is 16.4. The molecule has 3 aromatic rings. The number of likely N-dealkylation sites (tertiary alicyclic amines) is 1. The molecule has 0 bridgehead atoms. The van der Waals surface area contributed by atoms with Gasteiger partial charge in [0.15, 0.2) is 17.0 Å². The minimum atomic E-state index is -0.513. The number of nitrogens with one attached hydrogen (secondary N) is 1. The van der Waals surface area contributed by atoms with Gasteiger partial charge in [-0.15, -0.1) is 0 Å². The van der Waals surface area contributed by atoms with Crippen molar-refractivity contribution in [3.05, 3.63) is 24.7 Å². The maximum atomic E-state index is 12.4. The molecule has 1 fully saturated rings. The van der Waals surface area contributed by atoms with Crippen LogP contribution in [0.3, 0.4) is 0 Å². The molecule has 4 rings (SSSR count). The van der Waals surface area contributed by atoms with Crippen molar-refractivity contribution in [2.75, 3.05) is 25.5 Å². The van der Waals surface area contributed by atoms with E-state index in [1.54, 1.807) is 18.2 Å². The van der Waals surface area contributed by atoms with Gasteiger partial charge in [0, 0.05) is 43.5 Å². The number of aryl methyl sites for hydroxylation is 1. The van der Waals surface area contributed by atoms with E-state index in [1.807, 2.05) is 44.4 Å². The van der Waals surface area contributed by atoms with Crippen molar-refractivity contribution in [1.29, 1.82) is 0 Å². The summed E-state index contributed by atoms with van der Waals surface area (Å²) < 4.78 is 12.7. The second-order valence-electron chi connectivity index (χ2n) is 8.72. The van der Waals surface area contributed by atoms with Gasteiger partial charge in [0.05, 0.1) is 7.11 Å². The quantitative estimate of drug-likeness (QED) is 0.645. The molecule has 170 valence electrons. The van der Waals surface area contributed by atoms with Crippen molar-refractivity contribution < 1.29 is 14.3 Å². The first-order valence-electron chi connectivity index (χ1n) is 10.7. The van der Waals surface area contributed by atoms with Crippen LogP contribution in [0.5, 0.6) is 5.88 Å². The third-order valence-electron chi connectivity index (χ3n) is 5.23. The van der Waals surface area contributed by atoms with Gasteiger partial charge in [-0.05, 0) is 40.2 Å². The molecule has 1 aliphatic rings. The van der Waals surface area contributed by atoms with Crippen LogP contribution in [0.1, 0.15) is 34.1 Å². The lowest BCUT2D eigenvalue weighted by Crippen LogP contribution is -2.36. The molecular formula is C22H29N7O3. The van der Waals surface area contributed by atoms with E-state index in [9.17, 15) is 4.79 Å². The molecule has 1 saturated heterocycles. The topological polar surface area (TPSA) is 107 Å². The Hall–Kier alpha value is -3.43. The number of rotatable bonds is 5. The van der Waals surface area contributed by atoms with Gasteiger partial charge in [-0.3, -0.25) is 0 Å². The minimum Gasteiger partial charge on any atom is -0.481 e. The van der Waals surface area contributed by atoms with Gasteiger partial charge >= 0.3 is 6.09 Å². The number of ether oxygens (including phenoxy) is 2. The van der Waals surface area contributed by atoms with Crippen molar-refractivity contribution >= 4 is 23.1 Å². The average Bonchev–Trinajstić information content (AvgIpc) is 3.38. The molecule has 10 nitrogen and oxygen atoms in total. The average molecular weight is 440 g/mol. The highest BCUT2D eigenvalue weighted by Gasteiger charge is 2.30. The summed E-state index contributed by atoms with van der Waals surface area (Å²) in [5.74, 6) is 1.97. The van der Waals surface area contributed by atoms with Gasteiger partial charge in [-0.1, -0.05) is 0 Å². The van der Waals surface area contributed by atoms with E-state index in [2.05, 4.69) is 20.3 Å². The van der Waals surface area contributed by atoms with Crippen molar-refractivity contribution in [3.8, 4) is 17.3 Å². The molecule has 1 N–H and O–H groups in total. The number of amides is 1. The number of imidazole rings is 1. The molecule has 0 radical (unpaired) electrons. The number of pyridine rings is 1. The van der Waals surface area contributed by atoms with Crippen LogP contribution >= 0.6 is 0 Å². The van der Waals surface area contributed by atoms with Gasteiger partial charge < -0.3 is 24.3 Å². The van der Waals surface area contributed by atoms with E-state index in [0.717, 1.165) is 23.5 Å². The van der Waals surface area contributed by atoms with E-state index < -0.39 is 5.60 Å². The maximum Gasteiger partial charge on any atom is 0.410 e. The SMILES string of the molecule is CCn1c(-c2ccc(OC)nc2)nc2c(N[C@H]3CCN(C(=O)OC(C)(C)C)C3)ncnc21. The van der Waals surface area contributed by atoms with Crippen LogP contribution in [0.15, 0.2) is 24.7 Å². The number of hydrogen-bond donors (Lipinski definition) is 1. The molecule has 0 aromatic carbocycles. The van der Waals surface area contributed by atoms with Crippen LogP contribution in [-0.2, 0) is 11.3 Å². The molecule has 1 amide bonds. The Bertz CT molecular complexity index is 1110. The smallest absolute Gasteiger partial charge is 0.410 e. The summed E-state index contributed by atoms with van der Waals surface area (Å²) in [6.45, 7) is 9.53. The summed E-state index contributed by atoms with van der Waals surface area (Å²) in [5.41, 5.74) is 1.79. The summed E-state index contributed by atoms with van der Waals surface area (Å²) in [7, 11) is 1.59. The molecule has 0 unspecified atom stereocenters.